The average molecular weight is 291 g/mol. The first-order chi connectivity index (χ1) is 9.38. The van der Waals surface area contributed by atoms with E-state index in [0.717, 1.165) is 11.1 Å². The maximum atomic E-state index is 11.1. The molecule has 2 rings (SSSR count). The summed E-state index contributed by atoms with van der Waals surface area (Å²) in [7, 11) is 0. The van der Waals surface area contributed by atoms with Crippen molar-refractivity contribution in [2.75, 3.05) is 5.32 Å². The molecule has 0 saturated carbocycles. The van der Waals surface area contributed by atoms with Crippen LogP contribution in [0, 0.1) is 30.9 Å². The van der Waals surface area contributed by atoms with Gasteiger partial charge in [-0.25, -0.2) is 4.98 Å². The lowest BCUT2D eigenvalue weighted by molar-refractivity contribution is -0.384. The third-order valence-corrected chi connectivity index (χ3v) is 4.08. The van der Waals surface area contributed by atoms with E-state index < -0.39 is 4.92 Å². The molecule has 0 aliphatic rings. The van der Waals surface area contributed by atoms with Crippen LogP contribution in [-0.2, 0) is 0 Å². The van der Waals surface area contributed by atoms with Crippen LogP contribution in [0.25, 0.3) is 0 Å². The Morgan fingerprint density at radius 2 is 2.05 bits per heavy atom. The van der Waals surface area contributed by atoms with Gasteiger partial charge in [0.1, 0.15) is 0 Å². The van der Waals surface area contributed by atoms with Crippen LogP contribution in [0.3, 0.4) is 0 Å². The minimum absolute atomic E-state index is 0.0152. The predicted molar refractivity (Wildman–Crippen MR) is 81.5 cm³/mol. The molecule has 2 heterocycles. The number of rotatable bonds is 4. The maximum absolute atomic E-state index is 11.1. The van der Waals surface area contributed by atoms with Crippen LogP contribution in [0.1, 0.15) is 33.8 Å². The van der Waals surface area contributed by atoms with E-state index in [1.807, 2.05) is 6.92 Å². The summed E-state index contributed by atoms with van der Waals surface area (Å²) in [4.78, 5) is 17.3. The Bertz CT molecular complexity index is 652. The zero-order valence-electron chi connectivity index (χ0n) is 11.9. The molecule has 2 aromatic rings. The fraction of sp³-hybridized carbons (Fsp3) is 0.357. The lowest BCUT2D eigenvalue weighted by Gasteiger charge is -2.14. The SMILES string of the molecule is Cc1cnc(NC(C)c2cc(C)sc2C)c([N+](=O)[O-])c1. The van der Waals surface area contributed by atoms with Gasteiger partial charge in [0.25, 0.3) is 0 Å². The highest BCUT2D eigenvalue weighted by Crippen LogP contribution is 2.31. The van der Waals surface area contributed by atoms with Gasteiger partial charge >= 0.3 is 5.69 Å². The van der Waals surface area contributed by atoms with Gasteiger partial charge in [0.05, 0.1) is 11.0 Å². The molecular formula is C14H17N3O2S. The van der Waals surface area contributed by atoms with Crippen molar-refractivity contribution < 1.29 is 4.92 Å². The highest BCUT2D eigenvalue weighted by atomic mass is 32.1. The number of hydrogen-bond acceptors (Lipinski definition) is 5. The summed E-state index contributed by atoms with van der Waals surface area (Å²) >= 11 is 1.73. The van der Waals surface area contributed by atoms with Crippen LogP contribution in [0.2, 0.25) is 0 Å². The second kappa shape index (κ2) is 5.58. The molecule has 5 nitrogen and oxygen atoms in total. The Kier molecular flexibility index (Phi) is 4.04. The molecule has 0 spiro atoms. The van der Waals surface area contributed by atoms with Gasteiger partial charge in [-0.15, -0.1) is 11.3 Å². The van der Waals surface area contributed by atoms with Crippen LogP contribution in [-0.4, -0.2) is 9.91 Å². The highest BCUT2D eigenvalue weighted by Gasteiger charge is 2.19. The summed E-state index contributed by atoms with van der Waals surface area (Å²) in [6, 6.07) is 3.62. The minimum atomic E-state index is -0.402. The molecule has 106 valence electrons. The van der Waals surface area contributed by atoms with E-state index >= 15 is 0 Å². The smallest absolute Gasteiger partial charge is 0.311 e. The lowest BCUT2D eigenvalue weighted by Crippen LogP contribution is -2.10. The van der Waals surface area contributed by atoms with Crippen LogP contribution in [0.5, 0.6) is 0 Å². The summed E-state index contributed by atoms with van der Waals surface area (Å²) in [5, 5.41) is 14.2. The number of pyridine rings is 1. The largest absolute Gasteiger partial charge is 0.358 e. The maximum Gasteiger partial charge on any atom is 0.311 e. The molecule has 0 aliphatic carbocycles. The van der Waals surface area contributed by atoms with E-state index in [0.29, 0.717) is 5.82 Å². The zero-order chi connectivity index (χ0) is 14.9. The van der Waals surface area contributed by atoms with Crippen LogP contribution >= 0.6 is 11.3 Å². The molecule has 0 fully saturated rings. The molecule has 0 amide bonds. The normalized spacial score (nSPS) is 12.2. The Labute approximate surface area is 121 Å². The molecule has 6 heteroatoms. The van der Waals surface area contributed by atoms with Gasteiger partial charge in [-0.3, -0.25) is 10.1 Å². The van der Waals surface area contributed by atoms with Gasteiger partial charge in [0, 0.05) is 22.0 Å². The van der Waals surface area contributed by atoms with E-state index in [1.54, 1.807) is 24.5 Å². The summed E-state index contributed by atoms with van der Waals surface area (Å²) in [5.74, 6) is 0.316. The Hall–Kier alpha value is -1.95. The van der Waals surface area contributed by atoms with Crippen molar-refractivity contribution in [2.45, 2.75) is 33.7 Å². The molecule has 0 saturated heterocycles. The van der Waals surface area contributed by atoms with Crippen molar-refractivity contribution in [1.82, 2.24) is 4.98 Å². The van der Waals surface area contributed by atoms with E-state index in [1.165, 1.54) is 15.8 Å². The number of hydrogen-bond donors (Lipinski definition) is 1. The minimum Gasteiger partial charge on any atom is -0.358 e. The second-order valence-electron chi connectivity index (χ2n) is 4.87. The molecule has 2 aromatic heterocycles. The molecule has 0 aromatic carbocycles. The van der Waals surface area contributed by atoms with Crippen molar-refractivity contribution in [3.05, 3.63) is 49.3 Å². The predicted octanol–water partition coefficient (Wildman–Crippen LogP) is 4.15. The highest BCUT2D eigenvalue weighted by molar-refractivity contribution is 7.12. The molecule has 0 radical (unpaired) electrons. The zero-order valence-corrected chi connectivity index (χ0v) is 12.7. The monoisotopic (exact) mass is 291 g/mol. The molecule has 0 bridgehead atoms. The number of aromatic nitrogens is 1. The molecule has 1 atom stereocenters. The van der Waals surface area contributed by atoms with Gasteiger partial charge in [0.2, 0.25) is 5.82 Å². The fourth-order valence-electron chi connectivity index (χ4n) is 2.17. The fourth-order valence-corrected chi connectivity index (χ4v) is 3.19. The summed E-state index contributed by atoms with van der Waals surface area (Å²) in [6.45, 7) is 7.89. The second-order valence-corrected chi connectivity index (χ2v) is 6.33. The van der Waals surface area contributed by atoms with Gasteiger partial charge in [-0.2, -0.15) is 0 Å². The number of nitrogens with one attached hydrogen (secondary N) is 1. The molecular weight excluding hydrogens is 274 g/mol. The van der Waals surface area contributed by atoms with Crippen molar-refractivity contribution in [3.8, 4) is 0 Å². The topological polar surface area (TPSA) is 68.1 Å². The first kappa shape index (κ1) is 14.5. The quantitative estimate of drug-likeness (QED) is 0.678. The average Bonchev–Trinajstić information content (AvgIpc) is 2.70. The Morgan fingerprint density at radius 3 is 2.60 bits per heavy atom. The van der Waals surface area contributed by atoms with E-state index in [2.05, 4.69) is 30.2 Å². The molecule has 0 aliphatic heterocycles. The van der Waals surface area contributed by atoms with E-state index in [4.69, 9.17) is 0 Å². The van der Waals surface area contributed by atoms with Crippen molar-refractivity contribution in [1.29, 1.82) is 0 Å². The summed E-state index contributed by atoms with van der Waals surface area (Å²) < 4.78 is 0. The van der Waals surface area contributed by atoms with E-state index in [9.17, 15) is 10.1 Å². The number of thiophene rings is 1. The number of nitrogens with zero attached hydrogens (tertiary/aromatic N) is 2. The van der Waals surface area contributed by atoms with Gasteiger partial charge in [0.15, 0.2) is 0 Å². The summed E-state index contributed by atoms with van der Waals surface area (Å²) in [5.41, 5.74) is 1.95. The Morgan fingerprint density at radius 1 is 1.35 bits per heavy atom. The van der Waals surface area contributed by atoms with Crippen molar-refractivity contribution in [2.24, 2.45) is 0 Å². The van der Waals surface area contributed by atoms with Gasteiger partial charge < -0.3 is 5.32 Å². The first-order valence-corrected chi connectivity index (χ1v) is 7.14. The lowest BCUT2D eigenvalue weighted by atomic mass is 10.1. The van der Waals surface area contributed by atoms with Gasteiger partial charge in [-0.05, 0) is 44.9 Å². The van der Waals surface area contributed by atoms with E-state index in [-0.39, 0.29) is 11.7 Å². The molecule has 1 N–H and O–H groups in total. The van der Waals surface area contributed by atoms with Gasteiger partial charge in [-0.1, -0.05) is 0 Å². The Balaban J connectivity index is 2.30. The third kappa shape index (κ3) is 2.96. The van der Waals surface area contributed by atoms with Crippen molar-refractivity contribution >= 4 is 22.8 Å². The standard InChI is InChI=1S/C14H17N3O2S/c1-8-5-13(17(18)19)14(15-7-8)16-10(3)12-6-9(2)20-11(12)4/h5-7,10H,1-4H3,(H,15,16). The third-order valence-electron chi connectivity index (χ3n) is 3.10. The number of anilines is 1. The molecule has 1 unspecified atom stereocenters. The number of aryl methyl sites for hydroxylation is 3. The first-order valence-electron chi connectivity index (χ1n) is 6.33. The van der Waals surface area contributed by atoms with Crippen LogP contribution in [0.4, 0.5) is 11.5 Å². The van der Waals surface area contributed by atoms with Crippen LogP contribution < -0.4 is 5.32 Å². The van der Waals surface area contributed by atoms with Crippen LogP contribution in [0.15, 0.2) is 18.3 Å². The summed E-state index contributed by atoms with van der Waals surface area (Å²) in [6.07, 6.45) is 1.63. The van der Waals surface area contributed by atoms with Crippen molar-refractivity contribution in [3.63, 3.8) is 0 Å². The number of nitro groups is 1. The molecule has 20 heavy (non-hydrogen) atoms.